The quantitative estimate of drug-likeness (QED) is 0.256. The number of carbonyl (C=O) groups excluding carboxylic acids is 2. The van der Waals surface area contributed by atoms with Gasteiger partial charge in [-0.15, -0.1) is 11.3 Å². The molecular formula is C28H32N2O3S. The number of para-hydroxylation sites is 1. The summed E-state index contributed by atoms with van der Waals surface area (Å²) >= 11 is 1.40. The van der Waals surface area contributed by atoms with Gasteiger partial charge < -0.3 is 4.74 Å². The molecule has 2 aromatic carbocycles. The molecule has 0 aliphatic rings. The number of esters is 1. The minimum absolute atomic E-state index is 0.186. The molecule has 3 rings (SSSR count). The minimum Gasteiger partial charge on any atom is -0.452 e. The molecule has 0 radical (unpaired) electrons. The van der Waals surface area contributed by atoms with Crippen molar-refractivity contribution in [2.75, 3.05) is 11.5 Å². The van der Waals surface area contributed by atoms with E-state index in [4.69, 9.17) is 9.72 Å². The number of benzene rings is 2. The Labute approximate surface area is 206 Å². The van der Waals surface area contributed by atoms with Crippen molar-refractivity contribution in [3.05, 3.63) is 76.7 Å². The van der Waals surface area contributed by atoms with Crippen molar-refractivity contribution in [2.45, 2.75) is 53.4 Å². The first-order valence-electron chi connectivity index (χ1n) is 11.5. The van der Waals surface area contributed by atoms with E-state index < -0.39 is 5.97 Å². The summed E-state index contributed by atoms with van der Waals surface area (Å²) in [7, 11) is 0. The van der Waals surface area contributed by atoms with E-state index in [1.807, 2.05) is 54.8 Å². The van der Waals surface area contributed by atoms with Crippen LogP contribution < -0.4 is 4.90 Å². The monoisotopic (exact) mass is 476 g/mol. The predicted octanol–water partition coefficient (Wildman–Crippen LogP) is 7.15. The highest BCUT2D eigenvalue weighted by Gasteiger charge is 2.28. The maximum atomic E-state index is 13.6. The Morgan fingerprint density at radius 3 is 2.21 bits per heavy atom. The normalized spacial score (nSPS) is 11.4. The lowest BCUT2D eigenvalue weighted by Crippen LogP contribution is -2.32. The fraction of sp³-hybridized carbons (Fsp3) is 0.321. The van der Waals surface area contributed by atoms with Gasteiger partial charge in [0, 0.05) is 17.0 Å². The number of aryl methyl sites for hydroxylation is 1. The van der Waals surface area contributed by atoms with Crippen molar-refractivity contribution in [1.29, 1.82) is 0 Å². The summed E-state index contributed by atoms with van der Waals surface area (Å²) in [6.07, 6.45) is 2.89. The third-order valence-electron chi connectivity index (χ3n) is 5.49. The molecule has 0 N–H and O–H groups in total. The molecule has 178 valence electrons. The van der Waals surface area contributed by atoms with E-state index in [1.165, 1.54) is 23.0 Å². The number of rotatable bonds is 8. The Balaban J connectivity index is 2.12. The van der Waals surface area contributed by atoms with Crippen LogP contribution in [0, 0.1) is 6.92 Å². The summed E-state index contributed by atoms with van der Waals surface area (Å²) in [5, 5.41) is 2.51. The van der Waals surface area contributed by atoms with Gasteiger partial charge in [0.15, 0.2) is 11.7 Å². The van der Waals surface area contributed by atoms with Crippen LogP contribution in [0.1, 0.15) is 63.1 Å². The lowest BCUT2D eigenvalue weighted by molar-refractivity contribution is -0.142. The molecule has 6 heteroatoms. The van der Waals surface area contributed by atoms with Gasteiger partial charge in [-0.2, -0.15) is 0 Å². The first-order chi connectivity index (χ1) is 16.2. The average Bonchev–Trinajstić information content (AvgIpc) is 3.28. The maximum absolute atomic E-state index is 13.6. The van der Waals surface area contributed by atoms with Crippen molar-refractivity contribution in [2.24, 2.45) is 0 Å². The minimum atomic E-state index is -0.545. The highest BCUT2D eigenvalue weighted by molar-refractivity contribution is 7.14. The molecule has 0 unspecified atom stereocenters. The van der Waals surface area contributed by atoms with Gasteiger partial charge in [0.05, 0.1) is 11.4 Å². The number of thiazole rings is 1. The zero-order valence-electron chi connectivity index (χ0n) is 20.7. The summed E-state index contributed by atoms with van der Waals surface area (Å²) in [5.41, 5.74) is 5.88. The molecule has 0 bridgehead atoms. The fourth-order valence-corrected chi connectivity index (χ4v) is 4.56. The number of hydrogen-bond acceptors (Lipinski definition) is 5. The first-order valence-corrected chi connectivity index (χ1v) is 12.4. The van der Waals surface area contributed by atoms with Crippen molar-refractivity contribution >= 4 is 34.0 Å². The molecular weight excluding hydrogens is 444 g/mol. The molecule has 34 heavy (non-hydrogen) atoms. The summed E-state index contributed by atoms with van der Waals surface area (Å²) in [5.74, 6) is -0.508. The Bertz CT molecular complexity index is 1150. The average molecular weight is 477 g/mol. The van der Waals surface area contributed by atoms with Gasteiger partial charge in [-0.05, 0) is 36.8 Å². The number of hydrogen-bond donors (Lipinski definition) is 0. The molecule has 0 fully saturated rings. The topological polar surface area (TPSA) is 59.5 Å². The van der Waals surface area contributed by atoms with E-state index in [2.05, 4.69) is 27.7 Å². The molecule has 3 aromatic rings. The van der Waals surface area contributed by atoms with E-state index in [0.717, 1.165) is 28.1 Å². The van der Waals surface area contributed by atoms with Gasteiger partial charge >= 0.3 is 5.97 Å². The van der Waals surface area contributed by atoms with Crippen LogP contribution in [-0.4, -0.2) is 23.5 Å². The lowest BCUT2D eigenvalue weighted by Gasteiger charge is -2.28. The number of carbonyl (C=O) groups is 2. The Kier molecular flexibility index (Phi) is 8.40. The molecule has 0 aliphatic carbocycles. The maximum Gasteiger partial charge on any atom is 0.330 e. The van der Waals surface area contributed by atoms with Crippen molar-refractivity contribution < 1.29 is 14.3 Å². The molecule has 1 amide bonds. The molecule has 0 saturated carbocycles. The van der Waals surface area contributed by atoms with Crippen molar-refractivity contribution in [1.82, 2.24) is 4.98 Å². The molecule has 0 aliphatic heterocycles. The zero-order valence-corrected chi connectivity index (χ0v) is 21.5. The molecule has 0 atom stereocenters. The number of nitrogens with zero attached hydrogens (tertiary/aromatic N) is 2. The van der Waals surface area contributed by atoms with Crippen LogP contribution in [0.25, 0.3) is 11.3 Å². The SMILES string of the molecule is C/C=C/C(=O)OCC(=O)N(c1nc(-c2ccc(C)cc2)cs1)c1c(C(C)C)cccc1C(C)C. The van der Waals surface area contributed by atoms with E-state index in [9.17, 15) is 9.59 Å². The Hall–Kier alpha value is -3.25. The number of ether oxygens (including phenoxy) is 1. The van der Waals surface area contributed by atoms with E-state index in [1.54, 1.807) is 17.9 Å². The molecule has 5 nitrogen and oxygen atoms in total. The second kappa shape index (κ2) is 11.3. The largest absolute Gasteiger partial charge is 0.452 e. The van der Waals surface area contributed by atoms with E-state index >= 15 is 0 Å². The number of allylic oxidation sites excluding steroid dienone is 1. The van der Waals surface area contributed by atoms with Gasteiger partial charge in [-0.3, -0.25) is 9.69 Å². The van der Waals surface area contributed by atoms with E-state index in [0.29, 0.717) is 5.13 Å². The second-order valence-electron chi connectivity index (χ2n) is 8.81. The molecule has 0 spiro atoms. The predicted molar refractivity (Wildman–Crippen MR) is 140 cm³/mol. The van der Waals surface area contributed by atoms with Crippen LogP contribution in [0.3, 0.4) is 0 Å². The number of amides is 1. The third-order valence-corrected chi connectivity index (χ3v) is 6.31. The molecule has 1 heterocycles. The summed E-state index contributed by atoms with van der Waals surface area (Å²) < 4.78 is 5.23. The van der Waals surface area contributed by atoms with Crippen LogP contribution in [0.2, 0.25) is 0 Å². The lowest BCUT2D eigenvalue weighted by atomic mass is 9.92. The smallest absolute Gasteiger partial charge is 0.330 e. The summed E-state index contributed by atoms with van der Waals surface area (Å²) in [6.45, 7) is 11.8. The van der Waals surface area contributed by atoms with Crippen LogP contribution in [0.5, 0.6) is 0 Å². The van der Waals surface area contributed by atoms with Crippen molar-refractivity contribution in [3.63, 3.8) is 0 Å². The van der Waals surface area contributed by atoms with Gasteiger partial charge in [-0.25, -0.2) is 9.78 Å². The van der Waals surface area contributed by atoms with Crippen molar-refractivity contribution in [3.8, 4) is 11.3 Å². The van der Waals surface area contributed by atoms with Crippen LogP contribution in [0.15, 0.2) is 60.0 Å². The van der Waals surface area contributed by atoms with E-state index in [-0.39, 0.29) is 24.3 Å². The van der Waals surface area contributed by atoms with Crippen LogP contribution >= 0.6 is 11.3 Å². The fourth-order valence-electron chi connectivity index (χ4n) is 3.70. The van der Waals surface area contributed by atoms with Crippen LogP contribution in [-0.2, 0) is 14.3 Å². The Morgan fingerprint density at radius 1 is 1.03 bits per heavy atom. The third kappa shape index (κ3) is 5.81. The number of aromatic nitrogens is 1. The highest BCUT2D eigenvalue weighted by Crippen LogP contribution is 2.41. The number of anilines is 2. The molecule has 0 saturated heterocycles. The van der Waals surface area contributed by atoms with Crippen LogP contribution in [0.4, 0.5) is 10.8 Å². The Morgan fingerprint density at radius 2 is 1.65 bits per heavy atom. The van der Waals surface area contributed by atoms with Gasteiger partial charge in [0.1, 0.15) is 0 Å². The highest BCUT2D eigenvalue weighted by atomic mass is 32.1. The summed E-state index contributed by atoms with van der Waals surface area (Å²) in [6, 6.07) is 14.3. The van der Waals surface area contributed by atoms with Gasteiger partial charge in [0.25, 0.3) is 5.91 Å². The second-order valence-corrected chi connectivity index (χ2v) is 9.65. The van der Waals surface area contributed by atoms with Gasteiger partial charge in [0.2, 0.25) is 0 Å². The standard InChI is InChI=1S/C28H32N2O3S/c1-7-9-26(32)33-16-25(31)30(27-22(18(2)3)10-8-11-23(27)19(4)5)28-29-24(17-34-28)21-14-12-20(6)13-15-21/h7-15,17-19H,16H2,1-6H3/b9-7+. The first kappa shape index (κ1) is 25.4. The molecule has 1 aromatic heterocycles. The summed E-state index contributed by atoms with van der Waals surface area (Å²) in [4.78, 5) is 32.0. The zero-order chi connectivity index (χ0) is 24.8. The van der Waals surface area contributed by atoms with Gasteiger partial charge in [-0.1, -0.05) is 81.8 Å².